The van der Waals surface area contributed by atoms with Crippen molar-refractivity contribution in [1.29, 1.82) is 0 Å². The number of hydrogen-bond acceptors (Lipinski definition) is 7. The molecule has 1 aliphatic heterocycles. The molecule has 2 rings (SSSR count). The number of carbonyl (C=O) groups excluding carboxylic acids is 2. The Morgan fingerprint density at radius 3 is 2.38 bits per heavy atom. The number of esters is 2. The highest BCUT2D eigenvalue weighted by Crippen LogP contribution is 2.36. The molecular formula is C15H13ClF3NO6. The second-order valence-corrected chi connectivity index (χ2v) is 5.28. The van der Waals surface area contributed by atoms with Crippen LogP contribution in [0.1, 0.15) is 0 Å². The van der Waals surface area contributed by atoms with Crippen LogP contribution >= 0.6 is 11.6 Å². The lowest BCUT2D eigenvalue weighted by atomic mass is 10.1. The highest BCUT2D eigenvalue weighted by atomic mass is 35.5. The lowest BCUT2D eigenvalue weighted by Crippen LogP contribution is -2.38. The van der Waals surface area contributed by atoms with E-state index in [1.165, 1.54) is 11.0 Å². The molecular weight excluding hydrogens is 383 g/mol. The van der Waals surface area contributed by atoms with Crippen molar-refractivity contribution in [3.05, 3.63) is 34.5 Å². The predicted molar refractivity (Wildman–Crippen MR) is 82.5 cm³/mol. The van der Waals surface area contributed by atoms with Crippen LogP contribution in [-0.2, 0) is 23.8 Å². The molecule has 0 bridgehead atoms. The number of nitrogens with zero attached hydrogens (tertiary/aromatic N) is 1. The number of ether oxygens (including phenoxy) is 4. The zero-order chi connectivity index (χ0) is 19.5. The van der Waals surface area contributed by atoms with Gasteiger partial charge in [-0.15, -0.1) is 13.2 Å². The van der Waals surface area contributed by atoms with E-state index in [1.807, 2.05) is 0 Å². The number of methoxy groups -OCH3 is 2. The van der Waals surface area contributed by atoms with Crippen LogP contribution in [-0.4, -0.2) is 45.9 Å². The monoisotopic (exact) mass is 395 g/mol. The normalized spacial score (nSPS) is 14.9. The number of hydrogen-bond donors (Lipinski definition) is 0. The number of alkyl halides is 3. The predicted octanol–water partition coefficient (Wildman–Crippen LogP) is 2.63. The van der Waals surface area contributed by atoms with Gasteiger partial charge in [0.2, 0.25) is 0 Å². The van der Waals surface area contributed by atoms with Crippen LogP contribution in [0, 0.1) is 0 Å². The second kappa shape index (κ2) is 7.83. The molecule has 0 amide bonds. The van der Waals surface area contributed by atoms with Crippen LogP contribution in [0.3, 0.4) is 0 Å². The van der Waals surface area contributed by atoms with Crippen LogP contribution in [0.5, 0.6) is 5.75 Å². The number of rotatable bonds is 4. The maximum absolute atomic E-state index is 12.3. The highest BCUT2D eigenvalue weighted by Gasteiger charge is 2.34. The summed E-state index contributed by atoms with van der Waals surface area (Å²) in [5.74, 6) is -2.22. The minimum atomic E-state index is -4.88. The molecule has 0 saturated carbocycles. The Morgan fingerprint density at radius 2 is 1.85 bits per heavy atom. The van der Waals surface area contributed by atoms with Crippen molar-refractivity contribution in [3.63, 3.8) is 0 Å². The first-order valence-electron chi connectivity index (χ1n) is 6.98. The third-order valence-electron chi connectivity index (χ3n) is 3.28. The second-order valence-electron chi connectivity index (χ2n) is 4.88. The fourth-order valence-electron chi connectivity index (χ4n) is 2.24. The third-order valence-corrected chi connectivity index (χ3v) is 3.58. The van der Waals surface area contributed by atoms with E-state index in [4.69, 9.17) is 16.3 Å². The Kier molecular flexibility index (Phi) is 5.98. The number of halogens is 4. The van der Waals surface area contributed by atoms with Gasteiger partial charge in [-0.05, 0) is 12.1 Å². The largest absolute Gasteiger partial charge is 0.573 e. The topological polar surface area (TPSA) is 74.3 Å². The van der Waals surface area contributed by atoms with Crippen molar-refractivity contribution < 1.29 is 41.7 Å². The molecule has 0 aliphatic carbocycles. The van der Waals surface area contributed by atoms with E-state index < -0.39 is 24.1 Å². The van der Waals surface area contributed by atoms with Gasteiger partial charge in [0.1, 0.15) is 18.2 Å². The fourth-order valence-corrected chi connectivity index (χ4v) is 2.51. The summed E-state index contributed by atoms with van der Waals surface area (Å²) in [6, 6.07) is 3.12. The van der Waals surface area contributed by atoms with Crippen LogP contribution in [0.2, 0.25) is 5.02 Å². The van der Waals surface area contributed by atoms with Crippen molar-refractivity contribution in [2.45, 2.75) is 6.36 Å². The van der Waals surface area contributed by atoms with Gasteiger partial charge >= 0.3 is 18.3 Å². The van der Waals surface area contributed by atoms with Gasteiger partial charge < -0.3 is 23.8 Å². The van der Waals surface area contributed by atoms with E-state index in [0.717, 1.165) is 26.4 Å². The molecule has 0 unspecified atom stereocenters. The SMILES string of the molecule is COC(=O)C1=C(C(=O)OC)N(c2ccc(OC(F)(F)F)cc2Cl)COC1. The van der Waals surface area contributed by atoms with Crippen LogP contribution in [0.15, 0.2) is 29.5 Å². The Labute approximate surface area is 150 Å². The summed E-state index contributed by atoms with van der Waals surface area (Å²) in [4.78, 5) is 25.2. The Balaban J connectivity index is 2.48. The van der Waals surface area contributed by atoms with Gasteiger partial charge in [0, 0.05) is 6.07 Å². The quantitative estimate of drug-likeness (QED) is 0.725. The maximum Gasteiger partial charge on any atom is 0.573 e. The van der Waals surface area contributed by atoms with Gasteiger partial charge in [0.15, 0.2) is 0 Å². The lowest BCUT2D eigenvalue weighted by Gasteiger charge is -2.31. The molecule has 1 aliphatic rings. The van der Waals surface area contributed by atoms with Crippen LogP contribution in [0.4, 0.5) is 18.9 Å². The summed E-state index contributed by atoms with van der Waals surface area (Å²) in [5, 5.41) is -0.164. The first kappa shape index (κ1) is 19.9. The molecule has 142 valence electrons. The maximum atomic E-state index is 12.3. The average Bonchev–Trinajstić information content (AvgIpc) is 2.58. The molecule has 0 N–H and O–H groups in total. The molecule has 1 aromatic carbocycles. The average molecular weight is 396 g/mol. The third kappa shape index (κ3) is 4.38. The van der Waals surface area contributed by atoms with Crippen LogP contribution < -0.4 is 9.64 Å². The van der Waals surface area contributed by atoms with Crippen molar-refractivity contribution in [1.82, 2.24) is 0 Å². The molecule has 0 spiro atoms. The van der Waals surface area contributed by atoms with Gasteiger partial charge in [-0.2, -0.15) is 0 Å². The molecule has 26 heavy (non-hydrogen) atoms. The molecule has 0 saturated heterocycles. The van der Waals surface area contributed by atoms with Crippen molar-refractivity contribution in [2.24, 2.45) is 0 Å². The van der Waals surface area contributed by atoms with E-state index in [0.29, 0.717) is 0 Å². The van der Waals surface area contributed by atoms with E-state index in [9.17, 15) is 22.8 Å². The van der Waals surface area contributed by atoms with Crippen molar-refractivity contribution in [3.8, 4) is 5.75 Å². The number of carbonyl (C=O) groups is 2. The van der Waals surface area contributed by atoms with E-state index in [1.54, 1.807) is 0 Å². The summed E-state index contributed by atoms with van der Waals surface area (Å²) in [7, 11) is 2.24. The fraction of sp³-hybridized carbons (Fsp3) is 0.333. The van der Waals surface area contributed by atoms with E-state index in [2.05, 4.69) is 14.2 Å². The molecule has 0 aromatic heterocycles. The summed E-state index contributed by atoms with van der Waals surface area (Å²) < 4.78 is 55.2. The molecule has 0 fully saturated rings. The summed E-state index contributed by atoms with van der Waals surface area (Å²) in [5.41, 5.74) is -0.183. The highest BCUT2D eigenvalue weighted by molar-refractivity contribution is 6.33. The molecule has 1 heterocycles. The van der Waals surface area contributed by atoms with E-state index in [-0.39, 0.29) is 35.3 Å². The number of benzene rings is 1. The van der Waals surface area contributed by atoms with Crippen LogP contribution in [0.25, 0.3) is 0 Å². The zero-order valence-electron chi connectivity index (χ0n) is 13.6. The Morgan fingerprint density at radius 1 is 1.19 bits per heavy atom. The molecule has 0 radical (unpaired) electrons. The van der Waals surface area contributed by atoms with Gasteiger partial charge in [-0.25, -0.2) is 9.59 Å². The molecule has 7 nitrogen and oxygen atoms in total. The van der Waals surface area contributed by atoms with Crippen molar-refractivity contribution >= 4 is 29.2 Å². The molecule has 0 atom stereocenters. The zero-order valence-corrected chi connectivity index (χ0v) is 14.3. The smallest absolute Gasteiger partial charge is 0.466 e. The van der Waals surface area contributed by atoms with Crippen molar-refractivity contribution in [2.75, 3.05) is 32.5 Å². The molecule has 11 heteroatoms. The Bertz CT molecular complexity index is 749. The minimum Gasteiger partial charge on any atom is -0.466 e. The lowest BCUT2D eigenvalue weighted by molar-refractivity contribution is -0.274. The molecule has 1 aromatic rings. The number of anilines is 1. The van der Waals surface area contributed by atoms with Gasteiger partial charge in [-0.1, -0.05) is 11.6 Å². The van der Waals surface area contributed by atoms with Gasteiger partial charge in [0.05, 0.1) is 37.1 Å². The van der Waals surface area contributed by atoms with Gasteiger partial charge in [-0.3, -0.25) is 0 Å². The first-order valence-corrected chi connectivity index (χ1v) is 7.36. The minimum absolute atomic E-state index is 0.114. The summed E-state index contributed by atoms with van der Waals surface area (Å²) in [6.45, 7) is -0.398. The Hall–Kier alpha value is -2.46. The standard InChI is InChI=1S/C15H13ClF3NO6/c1-23-13(21)9-6-25-7-20(12(9)14(22)24-2)11-4-3-8(5-10(11)16)26-15(17,18)19/h3-5H,6-7H2,1-2H3. The summed E-state index contributed by atoms with van der Waals surface area (Å²) in [6.07, 6.45) is -4.88. The first-order chi connectivity index (χ1) is 12.2. The van der Waals surface area contributed by atoms with E-state index >= 15 is 0 Å². The van der Waals surface area contributed by atoms with Gasteiger partial charge in [0.25, 0.3) is 0 Å². The summed E-state index contributed by atoms with van der Waals surface area (Å²) >= 11 is 6.03.